The second kappa shape index (κ2) is 5.88. The van der Waals surface area contributed by atoms with Gasteiger partial charge < -0.3 is 5.32 Å². The van der Waals surface area contributed by atoms with Gasteiger partial charge in [0.1, 0.15) is 0 Å². The van der Waals surface area contributed by atoms with Crippen LogP contribution in [0.1, 0.15) is 16.7 Å². The molecule has 1 heterocycles. The van der Waals surface area contributed by atoms with Crippen molar-refractivity contribution in [2.75, 3.05) is 5.32 Å². The fourth-order valence-electron chi connectivity index (χ4n) is 4.56. The van der Waals surface area contributed by atoms with Crippen molar-refractivity contribution in [1.82, 2.24) is 0 Å². The zero-order chi connectivity index (χ0) is 18.8. The van der Waals surface area contributed by atoms with Crippen LogP contribution in [0.5, 0.6) is 0 Å². The van der Waals surface area contributed by atoms with Gasteiger partial charge in [0.25, 0.3) is 0 Å². The van der Waals surface area contributed by atoms with Crippen LogP contribution in [0.2, 0.25) is 10.0 Å². The highest BCUT2D eigenvalue weighted by Crippen LogP contribution is 2.51. The van der Waals surface area contributed by atoms with Crippen LogP contribution in [-0.4, -0.2) is 0 Å². The first-order valence-corrected chi connectivity index (χ1v) is 10.1. The Balaban J connectivity index is 1.70. The van der Waals surface area contributed by atoms with E-state index in [0.29, 0.717) is 0 Å². The summed E-state index contributed by atoms with van der Waals surface area (Å²) < 4.78 is 0. The van der Waals surface area contributed by atoms with Crippen molar-refractivity contribution in [3.8, 4) is 11.1 Å². The lowest BCUT2D eigenvalue weighted by Crippen LogP contribution is -2.09. The number of benzene rings is 4. The molecule has 0 atom stereocenters. The molecule has 1 N–H and O–H groups in total. The van der Waals surface area contributed by atoms with E-state index in [-0.39, 0.29) is 0 Å². The molecule has 134 valence electrons. The van der Waals surface area contributed by atoms with Crippen molar-refractivity contribution in [3.05, 3.63) is 99.5 Å². The van der Waals surface area contributed by atoms with Gasteiger partial charge in [-0.15, -0.1) is 0 Å². The summed E-state index contributed by atoms with van der Waals surface area (Å²) >= 11 is 13.1. The van der Waals surface area contributed by atoms with Crippen molar-refractivity contribution < 1.29 is 0 Å². The Labute approximate surface area is 173 Å². The maximum Gasteiger partial charge on any atom is 0.0512 e. The molecule has 1 nitrogen and oxygen atoms in total. The number of hydrogen-bond acceptors (Lipinski definition) is 1. The van der Waals surface area contributed by atoms with E-state index in [9.17, 15) is 0 Å². The molecular formula is C25H15Cl2N. The van der Waals surface area contributed by atoms with E-state index in [1.54, 1.807) is 0 Å². The molecule has 3 heteroatoms. The summed E-state index contributed by atoms with van der Waals surface area (Å²) in [5.41, 5.74) is 9.61. The summed E-state index contributed by atoms with van der Waals surface area (Å²) in [6.07, 6.45) is 0.893. The molecule has 0 saturated carbocycles. The minimum atomic E-state index is 0.763. The van der Waals surface area contributed by atoms with E-state index < -0.39 is 0 Å². The van der Waals surface area contributed by atoms with Crippen LogP contribution >= 0.6 is 23.2 Å². The molecule has 28 heavy (non-hydrogen) atoms. The molecule has 1 aliphatic carbocycles. The van der Waals surface area contributed by atoms with Gasteiger partial charge in [0.15, 0.2) is 0 Å². The predicted octanol–water partition coefficient (Wildman–Crippen LogP) is 7.66. The quantitative estimate of drug-likeness (QED) is 0.346. The highest BCUT2D eigenvalue weighted by molar-refractivity contribution is 6.34. The number of hydrogen-bond donors (Lipinski definition) is 1. The van der Waals surface area contributed by atoms with Crippen molar-refractivity contribution >= 4 is 50.9 Å². The molecule has 0 radical (unpaired) electrons. The molecule has 0 fully saturated rings. The Hall–Kier alpha value is -2.74. The fourth-order valence-corrected chi connectivity index (χ4v) is 5.02. The van der Waals surface area contributed by atoms with Gasteiger partial charge in [-0.05, 0) is 57.3 Å². The van der Waals surface area contributed by atoms with Crippen LogP contribution in [0.25, 0.3) is 33.2 Å². The Bertz CT molecular complexity index is 1330. The van der Waals surface area contributed by atoms with E-state index in [0.717, 1.165) is 33.0 Å². The SMILES string of the molecule is Clc1cc2c3c(c(-c4ccccc4Cl)ccc3c1)C1=C2Cc2ccccc2N1. The van der Waals surface area contributed by atoms with E-state index in [1.807, 2.05) is 24.3 Å². The molecule has 1 aliphatic heterocycles. The third-order valence-electron chi connectivity index (χ3n) is 5.77. The summed E-state index contributed by atoms with van der Waals surface area (Å²) in [6.45, 7) is 0. The summed E-state index contributed by atoms with van der Waals surface area (Å²) in [4.78, 5) is 0. The molecule has 0 unspecified atom stereocenters. The maximum absolute atomic E-state index is 6.58. The lowest BCUT2D eigenvalue weighted by atomic mass is 9.93. The minimum absolute atomic E-state index is 0.763. The molecule has 0 amide bonds. The molecule has 0 spiro atoms. The van der Waals surface area contributed by atoms with Gasteiger partial charge >= 0.3 is 0 Å². The highest BCUT2D eigenvalue weighted by atomic mass is 35.5. The molecular weight excluding hydrogens is 385 g/mol. The number of rotatable bonds is 1. The first-order valence-electron chi connectivity index (χ1n) is 9.31. The molecule has 2 aliphatic rings. The number of fused-ring (bicyclic) bond motifs is 3. The van der Waals surface area contributed by atoms with Crippen molar-refractivity contribution in [3.63, 3.8) is 0 Å². The predicted molar refractivity (Wildman–Crippen MR) is 120 cm³/mol. The van der Waals surface area contributed by atoms with E-state index in [2.05, 4.69) is 53.8 Å². The third kappa shape index (κ3) is 2.21. The van der Waals surface area contributed by atoms with E-state index in [4.69, 9.17) is 23.2 Å². The molecule has 6 rings (SSSR count). The topological polar surface area (TPSA) is 12.0 Å². The Morgan fingerprint density at radius 1 is 0.750 bits per heavy atom. The Kier molecular flexibility index (Phi) is 3.41. The lowest BCUT2D eigenvalue weighted by Gasteiger charge is -2.22. The number of halogens is 2. The first kappa shape index (κ1) is 16.2. The monoisotopic (exact) mass is 399 g/mol. The molecule has 0 bridgehead atoms. The third-order valence-corrected chi connectivity index (χ3v) is 6.32. The zero-order valence-electron chi connectivity index (χ0n) is 14.9. The van der Waals surface area contributed by atoms with Gasteiger partial charge in [-0.3, -0.25) is 0 Å². The maximum atomic E-state index is 6.58. The molecule has 0 saturated heterocycles. The van der Waals surface area contributed by atoms with Gasteiger partial charge in [0.05, 0.1) is 5.70 Å². The van der Waals surface area contributed by atoms with Gasteiger partial charge in [-0.25, -0.2) is 0 Å². The van der Waals surface area contributed by atoms with Crippen LogP contribution in [0.3, 0.4) is 0 Å². The van der Waals surface area contributed by atoms with E-state index >= 15 is 0 Å². The van der Waals surface area contributed by atoms with Gasteiger partial charge in [0, 0.05) is 33.3 Å². The summed E-state index contributed by atoms with van der Waals surface area (Å²) in [6, 6.07) is 25.0. The number of para-hydroxylation sites is 1. The number of anilines is 1. The number of allylic oxidation sites excluding steroid dienone is 1. The second-order valence-electron chi connectivity index (χ2n) is 7.33. The molecule has 4 aromatic carbocycles. The van der Waals surface area contributed by atoms with Crippen molar-refractivity contribution in [2.45, 2.75) is 6.42 Å². The van der Waals surface area contributed by atoms with Crippen LogP contribution in [0, 0.1) is 0 Å². The van der Waals surface area contributed by atoms with Crippen LogP contribution in [0.4, 0.5) is 5.69 Å². The standard InChI is InChI=1S/C25H15Cl2N/c26-16-11-15-9-10-18(17-6-2-3-7-21(17)27)24-23(15)19(13-16)20-12-14-5-1-4-8-22(14)28-25(20)24/h1-11,13,28H,12H2. The summed E-state index contributed by atoms with van der Waals surface area (Å²) in [7, 11) is 0. The summed E-state index contributed by atoms with van der Waals surface area (Å²) in [5, 5.41) is 7.66. The number of nitrogens with one attached hydrogen (secondary N) is 1. The van der Waals surface area contributed by atoms with Crippen molar-refractivity contribution in [1.29, 1.82) is 0 Å². The minimum Gasteiger partial charge on any atom is -0.355 e. The van der Waals surface area contributed by atoms with Crippen LogP contribution in [0.15, 0.2) is 72.8 Å². The second-order valence-corrected chi connectivity index (χ2v) is 8.18. The normalized spacial score (nSPS) is 14.1. The van der Waals surface area contributed by atoms with Gasteiger partial charge in [-0.1, -0.05) is 71.7 Å². The molecule has 0 aromatic heterocycles. The lowest BCUT2D eigenvalue weighted by molar-refractivity contribution is 1.26. The van der Waals surface area contributed by atoms with Crippen molar-refractivity contribution in [2.24, 2.45) is 0 Å². The summed E-state index contributed by atoms with van der Waals surface area (Å²) in [5.74, 6) is 0. The average Bonchev–Trinajstić information content (AvgIpc) is 3.02. The smallest absolute Gasteiger partial charge is 0.0512 e. The van der Waals surface area contributed by atoms with E-state index in [1.165, 1.54) is 39.0 Å². The van der Waals surface area contributed by atoms with Gasteiger partial charge in [-0.2, -0.15) is 0 Å². The first-order chi connectivity index (χ1) is 13.7. The Morgan fingerprint density at radius 2 is 1.57 bits per heavy atom. The fraction of sp³-hybridized carbons (Fsp3) is 0.0400. The van der Waals surface area contributed by atoms with Crippen LogP contribution < -0.4 is 5.32 Å². The Morgan fingerprint density at radius 3 is 2.46 bits per heavy atom. The molecule has 4 aromatic rings. The van der Waals surface area contributed by atoms with Crippen LogP contribution in [-0.2, 0) is 6.42 Å². The zero-order valence-corrected chi connectivity index (χ0v) is 16.4. The highest BCUT2D eigenvalue weighted by Gasteiger charge is 2.31. The average molecular weight is 400 g/mol. The largest absolute Gasteiger partial charge is 0.355 e. The van der Waals surface area contributed by atoms with Gasteiger partial charge in [0.2, 0.25) is 0 Å².